The molecule has 0 aliphatic carbocycles. The summed E-state index contributed by atoms with van der Waals surface area (Å²) in [6.07, 6.45) is 2.48. The minimum Gasteiger partial charge on any atom is -0.492 e. The van der Waals surface area contributed by atoms with E-state index in [0.29, 0.717) is 40.4 Å². The second-order valence-corrected chi connectivity index (χ2v) is 12.8. The van der Waals surface area contributed by atoms with E-state index in [2.05, 4.69) is 4.90 Å². The number of carbonyl (C=O) groups is 3. The zero-order valence-corrected chi connectivity index (χ0v) is 28.7. The van der Waals surface area contributed by atoms with Crippen LogP contribution in [0.2, 0.25) is 0 Å². The van der Waals surface area contributed by atoms with Gasteiger partial charge in [-0.2, -0.15) is 0 Å². The third-order valence-electron chi connectivity index (χ3n) is 8.44. The SMILES string of the molecule is Cl.O=C(Oc1ccc(-c2sc3cc(OC(=O)c4ccccc4)ccc3c2C(=O)c2ccc(OCCN3CCCC3)cc2)cc1)c1ccccc1. The number of rotatable bonds is 11. The molecular weight excluding hydrogens is 670 g/mol. The molecule has 7 rings (SSSR count). The Bertz CT molecular complexity index is 2090. The number of likely N-dealkylation sites (tertiary alicyclic amines) is 1. The first-order chi connectivity index (χ1) is 24.0. The lowest BCUT2D eigenvalue weighted by Gasteiger charge is -2.15. The van der Waals surface area contributed by atoms with Gasteiger partial charge in [0.1, 0.15) is 23.9 Å². The first kappa shape index (κ1) is 34.6. The van der Waals surface area contributed by atoms with E-state index in [1.807, 2.05) is 42.5 Å². The van der Waals surface area contributed by atoms with Crippen molar-refractivity contribution < 1.29 is 28.6 Å². The summed E-state index contributed by atoms with van der Waals surface area (Å²) in [5.41, 5.74) is 2.75. The van der Waals surface area contributed by atoms with Crippen molar-refractivity contribution in [3.63, 3.8) is 0 Å². The summed E-state index contributed by atoms with van der Waals surface area (Å²) in [6.45, 7) is 3.72. The summed E-state index contributed by atoms with van der Waals surface area (Å²) in [7, 11) is 0. The van der Waals surface area contributed by atoms with E-state index in [-0.39, 0.29) is 18.2 Å². The molecule has 0 N–H and O–H groups in total. The van der Waals surface area contributed by atoms with Gasteiger partial charge < -0.3 is 14.2 Å². The molecule has 0 saturated carbocycles. The summed E-state index contributed by atoms with van der Waals surface area (Å²) >= 11 is 1.43. The smallest absolute Gasteiger partial charge is 0.343 e. The molecule has 9 heteroatoms. The topological polar surface area (TPSA) is 82.1 Å². The molecule has 5 aromatic carbocycles. The molecule has 0 radical (unpaired) electrons. The third kappa shape index (κ3) is 7.95. The van der Waals surface area contributed by atoms with Gasteiger partial charge in [-0.1, -0.05) is 36.4 Å². The van der Waals surface area contributed by atoms with Gasteiger partial charge in [0.05, 0.1) is 11.1 Å². The first-order valence-electron chi connectivity index (χ1n) is 16.2. The van der Waals surface area contributed by atoms with Crippen LogP contribution in [0.5, 0.6) is 17.2 Å². The fourth-order valence-corrected chi connectivity index (χ4v) is 7.10. The van der Waals surface area contributed by atoms with Crippen molar-refractivity contribution in [3.05, 3.63) is 150 Å². The lowest BCUT2D eigenvalue weighted by Crippen LogP contribution is -2.25. The van der Waals surface area contributed by atoms with Crippen molar-refractivity contribution in [2.24, 2.45) is 0 Å². The first-order valence-corrected chi connectivity index (χ1v) is 17.0. The zero-order valence-electron chi connectivity index (χ0n) is 27.1. The maximum atomic E-state index is 14.2. The van der Waals surface area contributed by atoms with Crippen molar-refractivity contribution >= 4 is 51.6 Å². The number of hydrogen-bond donors (Lipinski definition) is 0. The summed E-state index contributed by atoms with van der Waals surface area (Å²) < 4.78 is 18.0. The fraction of sp³-hybridized carbons (Fsp3) is 0.146. The highest BCUT2D eigenvalue weighted by Crippen LogP contribution is 2.42. The predicted octanol–water partition coefficient (Wildman–Crippen LogP) is 9.13. The van der Waals surface area contributed by atoms with E-state index in [0.717, 1.165) is 45.9 Å². The van der Waals surface area contributed by atoms with Gasteiger partial charge in [0.2, 0.25) is 0 Å². The van der Waals surface area contributed by atoms with Crippen molar-refractivity contribution in [1.29, 1.82) is 0 Å². The molecule has 50 heavy (non-hydrogen) atoms. The van der Waals surface area contributed by atoms with Gasteiger partial charge in [-0.3, -0.25) is 9.69 Å². The van der Waals surface area contributed by atoms with Crippen LogP contribution in [0.3, 0.4) is 0 Å². The molecular formula is C41H34ClNO6S. The van der Waals surface area contributed by atoms with E-state index >= 15 is 0 Å². The standard InChI is InChI=1S/C41H33NO6S.ClH/c43-38(28-13-17-32(18-14-28)46-26-25-42-23-7-8-24-42)37-35-22-21-34(48-41(45)31-11-5-2-6-12-31)27-36(35)49-39(37)29-15-19-33(20-16-29)47-40(44)30-9-3-1-4-10-30;/h1-6,9-22,27H,7-8,23-26H2;1H. The average molecular weight is 704 g/mol. The van der Waals surface area contributed by atoms with Crippen LogP contribution >= 0.6 is 23.7 Å². The van der Waals surface area contributed by atoms with Gasteiger partial charge in [0, 0.05) is 32.6 Å². The Morgan fingerprint density at radius 2 is 1.18 bits per heavy atom. The van der Waals surface area contributed by atoms with E-state index in [4.69, 9.17) is 14.2 Å². The Morgan fingerprint density at radius 1 is 0.620 bits per heavy atom. The normalized spacial score (nSPS) is 12.6. The van der Waals surface area contributed by atoms with Crippen molar-refractivity contribution in [1.82, 2.24) is 4.90 Å². The molecule has 0 atom stereocenters. The monoisotopic (exact) mass is 703 g/mol. The number of benzene rings is 5. The Labute approximate surface area is 300 Å². The summed E-state index contributed by atoms with van der Waals surface area (Å²) in [6, 6.07) is 37.3. The second-order valence-electron chi connectivity index (χ2n) is 11.8. The van der Waals surface area contributed by atoms with Gasteiger partial charge in [-0.25, -0.2) is 9.59 Å². The van der Waals surface area contributed by atoms with Crippen LogP contribution in [-0.4, -0.2) is 48.9 Å². The van der Waals surface area contributed by atoms with E-state index in [1.165, 1.54) is 24.2 Å². The number of carbonyl (C=O) groups excluding carboxylic acids is 3. The molecule has 1 saturated heterocycles. The lowest BCUT2D eigenvalue weighted by atomic mass is 9.97. The molecule has 1 fully saturated rings. The molecule has 6 aromatic rings. The van der Waals surface area contributed by atoms with E-state index < -0.39 is 11.9 Å². The van der Waals surface area contributed by atoms with E-state index in [1.54, 1.807) is 84.9 Å². The number of halogens is 1. The minimum absolute atomic E-state index is 0. The lowest BCUT2D eigenvalue weighted by molar-refractivity contribution is 0.0725. The third-order valence-corrected chi connectivity index (χ3v) is 9.64. The quantitative estimate of drug-likeness (QED) is 0.0756. The van der Waals surface area contributed by atoms with Crippen LogP contribution in [0.15, 0.2) is 127 Å². The predicted molar refractivity (Wildman–Crippen MR) is 198 cm³/mol. The van der Waals surface area contributed by atoms with Crippen molar-refractivity contribution in [2.45, 2.75) is 12.8 Å². The molecule has 2 heterocycles. The molecule has 0 unspecified atom stereocenters. The maximum Gasteiger partial charge on any atom is 0.343 e. The number of ether oxygens (including phenoxy) is 3. The number of fused-ring (bicyclic) bond motifs is 1. The van der Waals surface area contributed by atoms with Gasteiger partial charge >= 0.3 is 11.9 Å². The molecule has 1 aliphatic heterocycles. The zero-order chi connectivity index (χ0) is 33.6. The summed E-state index contributed by atoms with van der Waals surface area (Å²) in [5.74, 6) is 0.437. The highest BCUT2D eigenvalue weighted by molar-refractivity contribution is 7.22. The number of thiophene rings is 1. The van der Waals surface area contributed by atoms with Crippen LogP contribution in [-0.2, 0) is 0 Å². The summed E-state index contributed by atoms with van der Waals surface area (Å²) in [5, 5.41) is 0.745. The fourth-order valence-electron chi connectivity index (χ4n) is 5.87. The Hall–Kier alpha value is -5.28. The number of esters is 2. The number of hydrogen-bond acceptors (Lipinski definition) is 8. The summed E-state index contributed by atoms with van der Waals surface area (Å²) in [4.78, 5) is 42.8. The van der Waals surface area contributed by atoms with Gasteiger partial charge in [-0.15, -0.1) is 23.7 Å². The Kier molecular flexibility index (Phi) is 11.0. The molecule has 0 amide bonds. The number of nitrogens with zero attached hydrogens (tertiary/aromatic N) is 1. The maximum absolute atomic E-state index is 14.2. The van der Waals surface area contributed by atoms with Gasteiger partial charge in [0.25, 0.3) is 0 Å². The van der Waals surface area contributed by atoms with Crippen molar-refractivity contribution in [2.75, 3.05) is 26.2 Å². The van der Waals surface area contributed by atoms with Crippen LogP contribution in [0, 0.1) is 0 Å². The average Bonchev–Trinajstić information content (AvgIpc) is 3.81. The van der Waals surface area contributed by atoms with Crippen LogP contribution in [0.4, 0.5) is 0 Å². The van der Waals surface area contributed by atoms with Crippen LogP contribution < -0.4 is 14.2 Å². The molecule has 252 valence electrons. The largest absolute Gasteiger partial charge is 0.492 e. The van der Waals surface area contributed by atoms with Crippen LogP contribution in [0.25, 0.3) is 20.5 Å². The van der Waals surface area contributed by atoms with Crippen molar-refractivity contribution in [3.8, 4) is 27.7 Å². The molecule has 1 aromatic heterocycles. The Balaban J connectivity index is 0.00000432. The highest BCUT2D eigenvalue weighted by Gasteiger charge is 2.23. The van der Waals surface area contributed by atoms with Gasteiger partial charge in [0.15, 0.2) is 5.78 Å². The van der Waals surface area contributed by atoms with Gasteiger partial charge in [-0.05, 0) is 122 Å². The molecule has 7 nitrogen and oxygen atoms in total. The second kappa shape index (κ2) is 16.0. The minimum atomic E-state index is -0.462. The molecule has 1 aliphatic rings. The Morgan fingerprint density at radius 3 is 1.80 bits per heavy atom. The number of ketones is 1. The van der Waals surface area contributed by atoms with Crippen LogP contribution in [0.1, 0.15) is 49.5 Å². The highest BCUT2D eigenvalue weighted by atomic mass is 35.5. The van der Waals surface area contributed by atoms with E-state index in [9.17, 15) is 14.4 Å². The molecule has 0 bridgehead atoms. The molecule has 0 spiro atoms.